The van der Waals surface area contributed by atoms with Gasteiger partial charge in [-0.3, -0.25) is 10.0 Å². The van der Waals surface area contributed by atoms with E-state index in [2.05, 4.69) is 87.7 Å². The summed E-state index contributed by atoms with van der Waals surface area (Å²) in [4.78, 5) is 0. The fourth-order valence-corrected chi connectivity index (χ4v) is 5.78. The molecule has 9 heteroatoms. The fourth-order valence-electron chi connectivity index (χ4n) is 4.96. The summed E-state index contributed by atoms with van der Waals surface area (Å²) < 4.78 is 10.6. The summed E-state index contributed by atoms with van der Waals surface area (Å²) in [6.07, 6.45) is 25.9. The van der Waals surface area contributed by atoms with Crippen LogP contribution in [0.3, 0.4) is 0 Å². The van der Waals surface area contributed by atoms with Gasteiger partial charge in [0.2, 0.25) is 0 Å². The van der Waals surface area contributed by atoms with Crippen LogP contribution in [0, 0.1) is 63.2 Å². The molecule has 4 fully saturated rings. The number of hydrogen-bond donors (Lipinski definition) is 0. The van der Waals surface area contributed by atoms with Crippen molar-refractivity contribution in [2.75, 3.05) is 53.0 Å². The molecule has 0 spiro atoms. The zero-order valence-electron chi connectivity index (χ0n) is 24.4. The predicted octanol–water partition coefficient (Wildman–Crippen LogP) is 5.22. The molecule has 10 radical (unpaired) electrons. The zero-order valence-corrected chi connectivity index (χ0v) is 27.1. The second-order valence-electron chi connectivity index (χ2n) is 9.90. The number of rotatable bonds is 12. The molecule has 4 aliphatic rings. The summed E-state index contributed by atoms with van der Waals surface area (Å²) in [5.74, 6) is 2.48. The molecule has 2 heterocycles. The second-order valence-corrected chi connectivity index (χ2v) is 12.3. The largest absolute Gasteiger partial charge is 2.00 e. The normalized spacial score (nSPS) is 26.5. The maximum atomic E-state index is 5.30. The minimum atomic E-state index is 0. The van der Waals surface area contributed by atoms with E-state index in [1.54, 1.807) is 14.2 Å². The second kappa shape index (κ2) is 19.3. The van der Waals surface area contributed by atoms with Crippen molar-refractivity contribution in [2.45, 2.75) is 62.1 Å². The predicted molar refractivity (Wildman–Crippen MR) is 165 cm³/mol. The van der Waals surface area contributed by atoms with Gasteiger partial charge in [0.05, 0.1) is 36.7 Å². The van der Waals surface area contributed by atoms with E-state index in [4.69, 9.17) is 19.7 Å². The molecule has 216 valence electrons. The van der Waals surface area contributed by atoms with E-state index in [1.807, 2.05) is 23.5 Å². The molecule has 0 bridgehead atoms. The van der Waals surface area contributed by atoms with Crippen molar-refractivity contribution >= 4 is 34.9 Å². The summed E-state index contributed by atoms with van der Waals surface area (Å²) in [5, 5.41) is 15.1. The number of nitrogens with zero attached hydrogens (tertiary/aromatic N) is 4. The first-order chi connectivity index (χ1) is 18.5. The van der Waals surface area contributed by atoms with Gasteiger partial charge >= 0.3 is 17.1 Å². The first-order valence-electron chi connectivity index (χ1n) is 13.7. The summed E-state index contributed by atoms with van der Waals surface area (Å²) in [7, 11) is 3.53. The molecule has 0 amide bonds. The third kappa shape index (κ3) is 10.7. The average Bonchev–Trinajstić information content (AvgIpc) is 3.74. The first kappa shape index (κ1) is 35.3. The molecule has 0 aromatic carbocycles. The Morgan fingerprint density at radius 3 is 1.44 bits per heavy atom. The van der Waals surface area contributed by atoms with E-state index in [0.29, 0.717) is 22.6 Å². The van der Waals surface area contributed by atoms with Crippen LogP contribution < -0.4 is 0 Å². The molecule has 6 nitrogen and oxygen atoms in total. The van der Waals surface area contributed by atoms with Crippen molar-refractivity contribution in [1.29, 1.82) is 0 Å². The van der Waals surface area contributed by atoms with Gasteiger partial charge in [-0.05, 0) is 103 Å². The Hall–Kier alpha value is 0.0795. The molecule has 0 unspecified atom stereocenters. The van der Waals surface area contributed by atoms with Crippen molar-refractivity contribution in [3.8, 4) is 0 Å². The Morgan fingerprint density at radius 2 is 1.13 bits per heavy atom. The fraction of sp³-hybridized carbons (Fsp3) is 0.600. The molecule has 4 rings (SSSR count). The van der Waals surface area contributed by atoms with Crippen molar-refractivity contribution in [2.24, 2.45) is 10.2 Å². The van der Waals surface area contributed by atoms with Crippen LogP contribution >= 0.6 is 23.5 Å². The minimum absolute atomic E-state index is 0. The van der Waals surface area contributed by atoms with Crippen LogP contribution in [-0.4, -0.2) is 97.1 Å². The van der Waals surface area contributed by atoms with Crippen LogP contribution in [0.2, 0.25) is 0 Å². The van der Waals surface area contributed by atoms with E-state index >= 15 is 0 Å². The van der Waals surface area contributed by atoms with Crippen LogP contribution in [-0.2, 0) is 26.5 Å². The smallest absolute Gasteiger partial charge is 0.382 e. The third-order valence-electron chi connectivity index (χ3n) is 7.28. The quantitative estimate of drug-likeness (QED) is 0.222. The number of hydrogen-bond acceptors (Lipinski definition) is 8. The van der Waals surface area contributed by atoms with Crippen LogP contribution in [0.4, 0.5) is 0 Å². The average molecular weight is 615 g/mol. The molecule has 4 atom stereocenters. The van der Waals surface area contributed by atoms with Crippen molar-refractivity contribution < 1.29 is 26.5 Å². The summed E-state index contributed by atoms with van der Waals surface area (Å²) in [6.45, 7) is 8.06. The monoisotopic (exact) mass is 614 g/mol. The van der Waals surface area contributed by atoms with Gasteiger partial charge in [-0.15, -0.1) is 0 Å². The minimum Gasteiger partial charge on any atom is -0.382 e. The Labute approximate surface area is 259 Å². The Balaban J connectivity index is 0.000000267. The van der Waals surface area contributed by atoms with Gasteiger partial charge in [0.15, 0.2) is 0 Å². The van der Waals surface area contributed by atoms with E-state index in [0.717, 1.165) is 26.3 Å². The van der Waals surface area contributed by atoms with Crippen molar-refractivity contribution in [3.63, 3.8) is 0 Å². The third-order valence-corrected chi connectivity index (χ3v) is 9.14. The SMILES string of the molecule is COC[C@@H]1CCCN1/N=C(/[C]1[CH][CH][CH][CH]1)[C@@H](C)SC.COC[C@@H]1CCCN1/N=C(/[C]1[CH][CH][CH][CH]1)[C@H](C)SC.[Fe+2]. The molecule has 0 N–H and O–H groups in total. The van der Waals surface area contributed by atoms with E-state index in [-0.39, 0.29) is 17.1 Å². The molecule has 0 aromatic rings. The van der Waals surface area contributed by atoms with Crippen LogP contribution in [0.1, 0.15) is 39.5 Å². The molecular formula is C30H46FeN4O2S2+2. The van der Waals surface area contributed by atoms with Gasteiger partial charge in [-0.1, -0.05) is 0 Å². The summed E-state index contributed by atoms with van der Waals surface area (Å²) >= 11 is 3.68. The molecule has 39 heavy (non-hydrogen) atoms. The first-order valence-corrected chi connectivity index (χ1v) is 16.3. The molecule has 2 aliphatic carbocycles. The Bertz CT molecular complexity index is 672. The van der Waals surface area contributed by atoms with Gasteiger partial charge in [-0.2, -0.15) is 33.7 Å². The Morgan fingerprint density at radius 1 is 0.769 bits per heavy atom. The topological polar surface area (TPSA) is 49.7 Å². The van der Waals surface area contributed by atoms with E-state index < -0.39 is 0 Å². The molecule has 2 aliphatic heterocycles. The number of ether oxygens (including phenoxy) is 2. The number of hydrazone groups is 2. The number of methoxy groups -OCH3 is 2. The molecule has 2 saturated carbocycles. The van der Waals surface area contributed by atoms with E-state index in [9.17, 15) is 0 Å². The van der Waals surface area contributed by atoms with Gasteiger partial charge in [0.25, 0.3) is 0 Å². The van der Waals surface area contributed by atoms with Gasteiger partial charge in [0.1, 0.15) is 0 Å². The van der Waals surface area contributed by atoms with Crippen LogP contribution in [0.5, 0.6) is 0 Å². The molecular weight excluding hydrogens is 568 g/mol. The van der Waals surface area contributed by atoms with Gasteiger partial charge in [0, 0.05) is 49.6 Å². The standard InChI is InChI=1S/2C15H23N2OS.Fe/c2*1-12(19-3)15(13-7-4-5-8-13)16-17-10-6-9-14(17)11-18-2;/h2*4-5,7-8,12,14H,6,9-11H2,1-3H3;/q;;+2/b2*16-15+;/t12-,14+;12-,14-;/m10./s1. The van der Waals surface area contributed by atoms with Gasteiger partial charge < -0.3 is 9.47 Å². The van der Waals surface area contributed by atoms with Gasteiger partial charge in [-0.25, -0.2) is 0 Å². The van der Waals surface area contributed by atoms with Crippen LogP contribution in [0.15, 0.2) is 10.2 Å². The van der Waals surface area contributed by atoms with Crippen molar-refractivity contribution in [3.05, 3.63) is 63.2 Å². The van der Waals surface area contributed by atoms with Crippen LogP contribution in [0.25, 0.3) is 0 Å². The maximum Gasteiger partial charge on any atom is 2.00 e. The molecule has 2 saturated heterocycles. The van der Waals surface area contributed by atoms with Crippen molar-refractivity contribution in [1.82, 2.24) is 10.0 Å². The zero-order chi connectivity index (χ0) is 27.3. The van der Waals surface area contributed by atoms with E-state index in [1.165, 1.54) is 48.9 Å². The molecule has 0 aromatic heterocycles. The number of thioether (sulfide) groups is 2. The Kier molecular flexibility index (Phi) is 17.5. The summed E-state index contributed by atoms with van der Waals surface area (Å²) in [5.41, 5.74) is 2.36. The summed E-state index contributed by atoms with van der Waals surface area (Å²) in [6, 6.07) is 0.869. The maximum absolute atomic E-state index is 5.30.